The molecule has 0 aromatic heterocycles. The van der Waals surface area contributed by atoms with Crippen LogP contribution >= 0.6 is 0 Å². The van der Waals surface area contributed by atoms with Gasteiger partial charge in [0.2, 0.25) is 0 Å². The molecule has 0 N–H and O–H groups in total. The molecule has 53 heavy (non-hydrogen) atoms. The molecule has 0 amide bonds. The van der Waals surface area contributed by atoms with Crippen molar-refractivity contribution in [2.45, 2.75) is 18.5 Å². The summed E-state index contributed by atoms with van der Waals surface area (Å²) in [5.41, 5.74) is 16.1. The van der Waals surface area contributed by atoms with E-state index in [1.807, 2.05) is 0 Å². The van der Waals surface area contributed by atoms with Crippen molar-refractivity contribution < 1.29 is 0 Å². The predicted molar refractivity (Wildman–Crippen MR) is 226 cm³/mol. The number of hydrogen-bond donors (Lipinski definition) is 0. The van der Waals surface area contributed by atoms with Crippen LogP contribution in [0.2, 0.25) is 13.1 Å². The number of anilines is 3. The highest BCUT2D eigenvalue weighted by molar-refractivity contribution is 7.03. The molecule has 0 bridgehead atoms. The third kappa shape index (κ3) is 4.76. The lowest BCUT2D eigenvalue weighted by Crippen LogP contribution is -2.49. The van der Waals surface area contributed by atoms with Gasteiger partial charge in [0.1, 0.15) is 8.07 Å². The fourth-order valence-electron chi connectivity index (χ4n) is 9.31. The van der Waals surface area contributed by atoms with Gasteiger partial charge < -0.3 is 4.90 Å². The lowest BCUT2D eigenvalue weighted by molar-refractivity contribution is 0.768. The first-order valence-corrected chi connectivity index (χ1v) is 21.6. The second-order valence-electron chi connectivity index (χ2n) is 14.9. The standard InChI is InChI=1S/C51H39NSi/c1-53(2)49-27-14-11-24-45(49)46-33-32-42(35-50(46)53)52(41-21-15-18-37(34-41)36-16-5-3-6-17-36)40-30-28-39(29-31-40)51(38-19-7-4-8-20-38)47-25-12-9-22-43(47)44-23-10-13-26-48(44)51/h3-35H,1-2H3. The molecule has 1 aliphatic heterocycles. The van der Waals surface area contributed by atoms with Crippen LogP contribution in [0.25, 0.3) is 33.4 Å². The molecule has 252 valence electrons. The Labute approximate surface area is 313 Å². The van der Waals surface area contributed by atoms with Crippen LogP contribution in [0.15, 0.2) is 200 Å². The number of hydrogen-bond acceptors (Lipinski definition) is 1. The molecule has 1 aliphatic carbocycles. The fraction of sp³-hybridized carbons (Fsp3) is 0.0588. The summed E-state index contributed by atoms with van der Waals surface area (Å²) in [4.78, 5) is 2.45. The summed E-state index contributed by atoms with van der Waals surface area (Å²) in [6, 6.07) is 74.3. The Kier molecular flexibility index (Phi) is 7.25. The van der Waals surface area contributed by atoms with Crippen LogP contribution in [0, 0.1) is 0 Å². The van der Waals surface area contributed by atoms with E-state index in [1.54, 1.807) is 0 Å². The maximum Gasteiger partial charge on any atom is 0.113 e. The minimum absolute atomic E-state index is 0.431. The van der Waals surface area contributed by atoms with E-state index in [9.17, 15) is 0 Å². The molecule has 0 saturated heterocycles. The molecule has 0 spiro atoms. The molecular formula is C51H39NSi. The molecule has 10 rings (SSSR count). The zero-order chi connectivity index (χ0) is 35.6. The molecule has 1 heterocycles. The Morgan fingerprint density at radius 1 is 0.358 bits per heavy atom. The third-order valence-corrected chi connectivity index (χ3v) is 15.3. The molecule has 0 radical (unpaired) electrons. The molecule has 0 unspecified atom stereocenters. The van der Waals surface area contributed by atoms with Crippen LogP contribution in [0.3, 0.4) is 0 Å². The van der Waals surface area contributed by atoms with E-state index in [0.29, 0.717) is 0 Å². The average Bonchev–Trinajstić information content (AvgIpc) is 3.65. The normalized spacial score (nSPS) is 14.2. The lowest BCUT2D eigenvalue weighted by atomic mass is 9.68. The van der Waals surface area contributed by atoms with Crippen LogP contribution in [-0.4, -0.2) is 8.07 Å². The summed E-state index contributed by atoms with van der Waals surface area (Å²) in [7, 11) is -1.89. The van der Waals surface area contributed by atoms with Gasteiger partial charge in [-0.05, 0) is 102 Å². The number of benzene rings is 8. The summed E-state index contributed by atoms with van der Waals surface area (Å²) >= 11 is 0. The van der Waals surface area contributed by atoms with Gasteiger partial charge in [0.25, 0.3) is 0 Å². The Hall–Kier alpha value is -6.22. The minimum atomic E-state index is -1.89. The van der Waals surface area contributed by atoms with E-state index in [0.717, 1.165) is 11.4 Å². The number of fused-ring (bicyclic) bond motifs is 6. The van der Waals surface area contributed by atoms with E-state index >= 15 is 0 Å². The lowest BCUT2D eigenvalue weighted by Gasteiger charge is -2.34. The predicted octanol–water partition coefficient (Wildman–Crippen LogP) is 12.0. The third-order valence-electron chi connectivity index (χ3n) is 11.8. The van der Waals surface area contributed by atoms with Crippen LogP contribution in [0.1, 0.15) is 22.3 Å². The smallest absolute Gasteiger partial charge is 0.113 e. The van der Waals surface area contributed by atoms with Crippen molar-refractivity contribution in [3.05, 3.63) is 222 Å². The second kappa shape index (κ2) is 12.2. The van der Waals surface area contributed by atoms with Gasteiger partial charge in [-0.25, -0.2) is 0 Å². The van der Waals surface area contributed by atoms with Crippen molar-refractivity contribution in [1.82, 2.24) is 0 Å². The molecule has 2 heteroatoms. The first-order valence-electron chi connectivity index (χ1n) is 18.6. The molecule has 0 fully saturated rings. The highest BCUT2D eigenvalue weighted by Gasteiger charge is 2.46. The van der Waals surface area contributed by atoms with Gasteiger partial charge in [-0.15, -0.1) is 0 Å². The van der Waals surface area contributed by atoms with E-state index in [2.05, 4.69) is 218 Å². The molecule has 8 aromatic carbocycles. The van der Waals surface area contributed by atoms with E-state index in [-0.39, 0.29) is 0 Å². The first-order chi connectivity index (χ1) is 26.0. The van der Waals surface area contributed by atoms with Gasteiger partial charge in [-0.2, -0.15) is 0 Å². The zero-order valence-corrected chi connectivity index (χ0v) is 31.0. The van der Waals surface area contributed by atoms with E-state index in [1.165, 1.54) is 71.7 Å². The topological polar surface area (TPSA) is 3.24 Å². The second-order valence-corrected chi connectivity index (χ2v) is 19.2. The first kappa shape index (κ1) is 31.5. The van der Waals surface area contributed by atoms with Crippen LogP contribution in [0.4, 0.5) is 17.1 Å². The van der Waals surface area contributed by atoms with Crippen molar-refractivity contribution in [1.29, 1.82) is 0 Å². The Balaban J connectivity index is 1.16. The SMILES string of the molecule is C[Si]1(C)c2ccccc2-c2ccc(N(c3ccc(C4(c5ccccc5)c5ccccc5-c5ccccc54)cc3)c3cccc(-c4ccccc4)c3)cc21. The van der Waals surface area contributed by atoms with Gasteiger partial charge in [-0.3, -0.25) is 0 Å². The highest BCUT2D eigenvalue weighted by Crippen LogP contribution is 2.56. The Bertz CT molecular complexity index is 2590. The van der Waals surface area contributed by atoms with Crippen LogP contribution in [0.5, 0.6) is 0 Å². The van der Waals surface area contributed by atoms with E-state index < -0.39 is 13.5 Å². The van der Waals surface area contributed by atoms with Crippen molar-refractivity contribution in [2.24, 2.45) is 0 Å². The monoisotopic (exact) mass is 693 g/mol. The summed E-state index contributed by atoms with van der Waals surface area (Å²) in [5.74, 6) is 0. The fourth-order valence-corrected chi connectivity index (χ4v) is 12.4. The van der Waals surface area contributed by atoms with Gasteiger partial charge >= 0.3 is 0 Å². The molecular weight excluding hydrogens is 655 g/mol. The summed E-state index contributed by atoms with van der Waals surface area (Å²) in [6.45, 7) is 4.99. The van der Waals surface area contributed by atoms with Crippen molar-refractivity contribution in [3.8, 4) is 33.4 Å². The van der Waals surface area contributed by atoms with Gasteiger partial charge in [0.15, 0.2) is 0 Å². The minimum Gasteiger partial charge on any atom is -0.310 e. The van der Waals surface area contributed by atoms with Gasteiger partial charge in [-0.1, -0.05) is 177 Å². The molecule has 8 aromatic rings. The largest absolute Gasteiger partial charge is 0.310 e. The molecule has 0 atom stereocenters. The van der Waals surface area contributed by atoms with Crippen LogP contribution in [-0.2, 0) is 5.41 Å². The van der Waals surface area contributed by atoms with Crippen molar-refractivity contribution in [3.63, 3.8) is 0 Å². The maximum atomic E-state index is 2.50. The van der Waals surface area contributed by atoms with Crippen molar-refractivity contribution in [2.75, 3.05) is 4.90 Å². The number of rotatable bonds is 6. The highest BCUT2D eigenvalue weighted by atomic mass is 28.3. The zero-order valence-electron chi connectivity index (χ0n) is 30.0. The Morgan fingerprint density at radius 3 is 1.57 bits per heavy atom. The summed E-state index contributed by atoms with van der Waals surface area (Å²) < 4.78 is 0. The average molecular weight is 694 g/mol. The Morgan fingerprint density at radius 2 is 0.868 bits per heavy atom. The molecule has 1 nitrogen and oxygen atoms in total. The quantitative estimate of drug-likeness (QED) is 0.157. The van der Waals surface area contributed by atoms with Crippen molar-refractivity contribution >= 4 is 35.5 Å². The molecule has 0 saturated carbocycles. The summed E-state index contributed by atoms with van der Waals surface area (Å²) in [6.07, 6.45) is 0. The number of nitrogens with zero attached hydrogens (tertiary/aromatic N) is 1. The summed E-state index contributed by atoms with van der Waals surface area (Å²) in [5, 5.41) is 3.02. The van der Waals surface area contributed by atoms with Gasteiger partial charge in [0, 0.05) is 17.1 Å². The molecule has 2 aliphatic rings. The van der Waals surface area contributed by atoms with Crippen LogP contribution < -0.4 is 15.3 Å². The maximum absolute atomic E-state index is 2.50. The van der Waals surface area contributed by atoms with Gasteiger partial charge in [0.05, 0.1) is 5.41 Å². The van der Waals surface area contributed by atoms with E-state index in [4.69, 9.17) is 0 Å².